The topological polar surface area (TPSA) is 120 Å². The third-order valence-electron chi connectivity index (χ3n) is 4.13. The molecule has 2 aromatic rings. The fraction of sp³-hybridized carbons (Fsp3) is 0.421. The van der Waals surface area contributed by atoms with Gasteiger partial charge in [0.2, 0.25) is 11.8 Å². The highest BCUT2D eigenvalue weighted by Crippen LogP contribution is 2.25. The summed E-state index contributed by atoms with van der Waals surface area (Å²) >= 11 is 1.30. The van der Waals surface area contributed by atoms with Gasteiger partial charge >= 0.3 is 0 Å². The van der Waals surface area contributed by atoms with E-state index in [1.165, 1.54) is 11.8 Å². The quantitative estimate of drug-likeness (QED) is 0.489. The van der Waals surface area contributed by atoms with E-state index in [4.69, 9.17) is 5.73 Å². The van der Waals surface area contributed by atoms with E-state index in [2.05, 4.69) is 15.5 Å². The van der Waals surface area contributed by atoms with Crippen LogP contribution >= 0.6 is 11.8 Å². The predicted molar refractivity (Wildman–Crippen MR) is 108 cm³/mol. The van der Waals surface area contributed by atoms with Gasteiger partial charge in [-0.1, -0.05) is 25.6 Å². The van der Waals surface area contributed by atoms with Crippen molar-refractivity contribution in [2.45, 2.75) is 44.0 Å². The molecule has 0 spiro atoms. The van der Waals surface area contributed by atoms with Crippen molar-refractivity contribution in [1.82, 2.24) is 14.8 Å². The molecule has 8 nitrogen and oxygen atoms in total. The Morgan fingerprint density at radius 2 is 1.79 bits per heavy atom. The van der Waals surface area contributed by atoms with Crippen molar-refractivity contribution in [1.29, 1.82) is 0 Å². The molecule has 0 unspecified atom stereocenters. The molecule has 150 valence electrons. The third kappa shape index (κ3) is 5.66. The smallest absolute Gasteiger partial charge is 0.226 e. The average molecular weight is 404 g/mol. The van der Waals surface area contributed by atoms with Gasteiger partial charge in [0, 0.05) is 37.1 Å². The van der Waals surface area contributed by atoms with E-state index in [-0.39, 0.29) is 29.3 Å². The molecule has 28 heavy (non-hydrogen) atoms. The van der Waals surface area contributed by atoms with Crippen LogP contribution in [0.3, 0.4) is 0 Å². The molecule has 3 N–H and O–H groups in total. The van der Waals surface area contributed by atoms with Crippen LogP contribution in [0, 0.1) is 5.92 Å². The summed E-state index contributed by atoms with van der Waals surface area (Å²) in [7, 11) is 1.79. The maximum atomic E-state index is 12.7. The van der Waals surface area contributed by atoms with Crippen LogP contribution in [0.15, 0.2) is 29.4 Å². The molecule has 0 aliphatic heterocycles. The van der Waals surface area contributed by atoms with Gasteiger partial charge in [0.05, 0.1) is 5.25 Å². The van der Waals surface area contributed by atoms with E-state index in [0.29, 0.717) is 28.7 Å². The Morgan fingerprint density at radius 3 is 2.36 bits per heavy atom. The second kappa shape index (κ2) is 9.50. The van der Waals surface area contributed by atoms with Gasteiger partial charge < -0.3 is 15.6 Å². The molecule has 2 amide bonds. The maximum Gasteiger partial charge on any atom is 0.226 e. The number of Topliss-reactive ketones (excluding diaryl/α,β-unsaturated/α-hetero) is 1. The van der Waals surface area contributed by atoms with Crippen molar-refractivity contribution in [3.05, 3.63) is 35.7 Å². The van der Waals surface area contributed by atoms with Crippen LogP contribution in [0.5, 0.6) is 0 Å². The number of thioether (sulfide) groups is 1. The van der Waals surface area contributed by atoms with Crippen LogP contribution in [0.2, 0.25) is 0 Å². The predicted octanol–water partition coefficient (Wildman–Crippen LogP) is 2.19. The lowest BCUT2D eigenvalue weighted by Crippen LogP contribution is -2.18. The normalized spacial score (nSPS) is 12.0. The molecule has 0 saturated carbocycles. The van der Waals surface area contributed by atoms with Gasteiger partial charge in [-0.3, -0.25) is 14.4 Å². The Hall–Kier alpha value is -2.68. The summed E-state index contributed by atoms with van der Waals surface area (Å²) in [6.07, 6.45) is 0.607. The van der Waals surface area contributed by atoms with Gasteiger partial charge in [-0.15, -0.1) is 10.2 Å². The largest absolute Gasteiger partial charge is 0.370 e. The molecular formula is C19H25N5O3S. The van der Waals surface area contributed by atoms with E-state index in [0.717, 1.165) is 0 Å². The first-order valence-electron chi connectivity index (χ1n) is 8.97. The molecule has 1 atom stereocenters. The van der Waals surface area contributed by atoms with Gasteiger partial charge in [0.15, 0.2) is 10.9 Å². The van der Waals surface area contributed by atoms with Crippen molar-refractivity contribution < 1.29 is 14.4 Å². The van der Waals surface area contributed by atoms with Crippen molar-refractivity contribution in [2.75, 3.05) is 5.32 Å². The van der Waals surface area contributed by atoms with Crippen molar-refractivity contribution in [3.63, 3.8) is 0 Å². The molecule has 1 aromatic carbocycles. The van der Waals surface area contributed by atoms with E-state index >= 15 is 0 Å². The minimum Gasteiger partial charge on any atom is -0.370 e. The first-order chi connectivity index (χ1) is 13.2. The number of nitrogens with one attached hydrogen (secondary N) is 1. The minimum atomic E-state index is -0.395. The zero-order valence-electron chi connectivity index (χ0n) is 16.4. The highest BCUT2D eigenvalue weighted by Gasteiger charge is 2.20. The zero-order valence-corrected chi connectivity index (χ0v) is 17.2. The Morgan fingerprint density at radius 1 is 1.14 bits per heavy atom. The standard InChI is InChI=1S/C19H25N5O3S/c1-11(2)18(27)21-14-7-5-13(6-8-14)17(26)12(3)28-19-23-22-16(24(19)4)10-9-15(20)25/h5-8,11-12H,9-10H2,1-4H3,(H2,20,25)(H,21,27)/t12-/m0/s1. The summed E-state index contributed by atoms with van der Waals surface area (Å²) in [5, 5.41) is 11.2. The summed E-state index contributed by atoms with van der Waals surface area (Å²) < 4.78 is 1.77. The summed E-state index contributed by atoms with van der Waals surface area (Å²) in [4.78, 5) is 35.4. The van der Waals surface area contributed by atoms with Crippen molar-refractivity contribution >= 4 is 35.0 Å². The minimum absolute atomic E-state index is 0.0478. The molecule has 0 aliphatic rings. The van der Waals surface area contributed by atoms with Crippen LogP contribution in [-0.2, 0) is 23.1 Å². The number of nitrogens with zero attached hydrogens (tertiary/aromatic N) is 3. The van der Waals surface area contributed by atoms with Gasteiger partial charge in [-0.2, -0.15) is 0 Å². The summed E-state index contributed by atoms with van der Waals surface area (Å²) in [6.45, 7) is 5.44. The molecule has 0 fully saturated rings. The highest BCUT2D eigenvalue weighted by atomic mass is 32.2. The highest BCUT2D eigenvalue weighted by molar-refractivity contribution is 8.00. The van der Waals surface area contributed by atoms with Crippen LogP contribution in [0.4, 0.5) is 5.69 Å². The second-order valence-electron chi connectivity index (χ2n) is 6.77. The Kier molecular flexibility index (Phi) is 7.33. The average Bonchev–Trinajstić information content (AvgIpc) is 2.99. The Bertz CT molecular complexity index is 861. The number of ketones is 1. The van der Waals surface area contributed by atoms with E-state index < -0.39 is 5.91 Å². The molecule has 0 aliphatic carbocycles. The zero-order chi connectivity index (χ0) is 20.8. The number of carbonyl (C=O) groups excluding carboxylic acids is 3. The number of hydrogen-bond acceptors (Lipinski definition) is 6. The monoisotopic (exact) mass is 403 g/mol. The molecule has 1 aromatic heterocycles. The number of rotatable bonds is 9. The number of amides is 2. The molecule has 0 bridgehead atoms. The summed E-state index contributed by atoms with van der Waals surface area (Å²) in [5.41, 5.74) is 6.37. The number of hydrogen-bond donors (Lipinski definition) is 2. The van der Waals surface area contributed by atoms with Gasteiger partial charge in [0.1, 0.15) is 5.82 Å². The molecule has 0 saturated heterocycles. The molecule has 0 radical (unpaired) electrons. The fourth-order valence-electron chi connectivity index (χ4n) is 2.35. The summed E-state index contributed by atoms with van der Waals surface area (Å²) in [6, 6.07) is 6.83. The van der Waals surface area contributed by atoms with Crippen LogP contribution in [0.25, 0.3) is 0 Å². The second-order valence-corrected chi connectivity index (χ2v) is 8.08. The van der Waals surface area contributed by atoms with E-state index in [9.17, 15) is 14.4 Å². The maximum absolute atomic E-state index is 12.7. The molecule has 9 heteroatoms. The lowest BCUT2D eigenvalue weighted by atomic mass is 10.1. The van der Waals surface area contributed by atoms with Crippen LogP contribution in [-0.4, -0.2) is 37.6 Å². The molecular weight excluding hydrogens is 378 g/mol. The van der Waals surface area contributed by atoms with Crippen LogP contribution in [0.1, 0.15) is 43.4 Å². The first kappa shape index (κ1) is 21.6. The van der Waals surface area contributed by atoms with Crippen LogP contribution < -0.4 is 11.1 Å². The lowest BCUT2D eigenvalue weighted by Gasteiger charge is -2.11. The number of aryl methyl sites for hydroxylation is 1. The fourth-order valence-corrected chi connectivity index (χ4v) is 3.26. The Labute approximate surface area is 168 Å². The van der Waals surface area contributed by atoms with E-state index in [1.807, 2.05) is 13.8 Å². The van der Waals surface area contributed by atoms with Gasteiger partial charge in [0.25, 0.3) is 0 Å². The molecule has 2 rings (SSSR count). The molecule has 1 heterocycles. The number of carbonyl (C=O) groups is 3. The van der Waals surface area contributed by atoms with E-state index in [1.54, 1.807) is 42.8 Å². The summed E-state index contributed by atoms with van der Waals surface area (Å²) in [5.74, 6) is 0.0165. The Balaban J connectivity index is 2.01. The number of primary amides is 1. The first-order valence-corrected chi connectivity index (χ1v) is 9.85. The number of anilines is 1. The van der Waals surface area contributed by atoms with Crippen molar-refractivity contribution in [2.24, 2.45) is 18.7 Å². The van der Waals surface area contributed by atoms with Gasteiger partial charge in [-0.25, -0.2) is 0 Å². The van der Waals surface area contributed by atoms with Crippen molar-refractivity contribution in [3.8, 4) is 0 Å². The SMILES string of the molecule is CC(C)C(=O)Nc1ccc(C(=O)[C@H](C)Sc2nnc(CCC(N)=O)n2C)cc1. The number of nitrogens with two attached hydrogens (primary N) is 1. The number of aromatic nitrogens is 3. The third-order valence-corrected chi connectivity index (χ3v) is 5.27. The van der Waals surface area contributed by atoms with Gasteiger partial charge in [-0.05, 0) is 31.2 Å². The number of benzene rings is 1. The lowest BCUT2D eigenvalue weighted by molar-refractivity contribution is -0.119.